The van der Waals surface area contributed by atoms with Gasteiger partial charge in [0, 0.05) is 0 Å². The van der Waals surface area contributed by atoms with Crippen molar-refractivity contribution in [2.75, 3.05) is 0 Å². The number of hydrogen-bond acceptors (Lipinski definition) is 1. The van der Waals surface area contributed by atoms with E-state index >= 15 is 0 Å². The van der Waals surface area contributed by atoms with Gasteiger partial charge in [-0.2, -0.15) is 0 Å². The molecule has 204 valence electrons. The van der Waals surface area contributed by atoms with Crippen molar-refractivity contribution in [3.63, 3.8) is 0 Å². The molecule has 1 nitrogen and oxygen atoms in total. The van der Waals surface area contributed by atoms with Gasteiger partial charge in [-0.1, -0.05) is 0 Å². The van der Waals surface area contributed by atoms with E-state index in [1.165, 1.54) is 21.5 Å². The molecule has 0 heterocycles. The fraction of sp³-hybridized carbons (Fsp3) is 0.0256. The van der Waals surface area contributed by atoms with Crippen molar-refractivity contribution >= 4 is 58.3 Å². The molecule has 0 aliphatic rings. The van der Waals surface area contributed by atoms with Crippen molar-refractivity contribution in [3.8, 4) is 16.9 Å². The Hall–Kier alpha value is -4.23. The molecular weight excluding hydrogens is 595 g/mol. The van der Waals surface area contributed by atoms with E-state index in [-0.39, 0.29) is 5.75 Å². The summed E-state index contributed by atoms with van der Waals surface area (Å²) in [6, 6.07) is 57.9. The molecule has 0 aliphatic heterocycles. The minimum absolute atomic E-state index is 0.282. The van der Waals surface area contributed by atoms with Crippen LogP contribution >= 0.6 is 20.8 Å². The molecule has 0 bridgehead atoms. The maximum absolute atomic E-state index is 11.7. The molecule has 7 rings (SSSR count). The molecular formula is C39H30BrOP. The third-order valence-electron chi connectivity index (χ3n) is 8.48. The first-order valence-corrected chi connectivity index (χ1v) is 18.6. The van der Waals surface area contributed by atoms with Crippen LogP contribution in [-0.2, 0) is 6.16 Å². The standard InChI is InChI=1S/C39H30BrOP/c40-42(32-18-6-2-7-19-32,33-20-8-3-9-21-33,28-29-14-4-1-5-15-29)37-27-25-31-17-11-13-23-35(31)39(37)38-34-22-12-10-16-30(34)24-26-36(38)41/h1-27,41H,28H2. The number of hydrogen-bond donors (Lipinski definition) is 1. The molecule has 42 heavy (non-hydrogen) atoms. The summed E-state index contributed by atoms with van der Waals surface area (Å²) < 4.78 is 0. The van der Waals surface area contributed by atoms with Gasteiger partial charge in [-0.25, -0.2) is 0 Å². The number of rotatable bonds is 6. The van der Waals surface area contributed by atoms with Crippen LogP contribution in [0.2, 0.25) is 0 Å². The van der Waals surface area contributed by atoms with E-state index < -0.39 is 5.31 Å². The molecule has 3 heteroatoms. The van der Waals surface area contributed by atoms with Gasteiger partial charge >= 0.3 is 256 Å². The number of benzene rings is 7. The summed E-state index contributed by atoms with van der Waals surface area (Å²) in [5.74, 6) is 0.282. The maximum atomic E-state index is 11.7. The molecule has 1 N–H and O–H groups in total. The summed E-state index contributed by atoms with van der Waals surface area (Å²) in [5.41, 5.74) is 3.19. The first-order valence-electron chi connectivity index (χ1n) is 14.2. The van der Waals surface area contributed by atoms with Crippen molar-refractivity contribution < 1.29 is 5.11 Å². The van der Waals surface area contributed by atoms with E-state index in [4.69, 9.17) is 15.5 Å². The second-order valence-electron chi connectivity index (χ2n) is 10.9. The number of fused-ring (bicyclic) bond motifs is 2. The van der Waals surface area contributed by atoms with Gasteiger partial charge in [-0.3, -0.25) is 0 Å². The predicted molar refractivity (Wildman–Crippen MR) is 186 cm³/mol. The molecule has 7 aromatic carbocycles. The van der Waals surface area contributed by atoms with Crippen molar-refractivity contribution in [1.82, 2.24) is 0 Å². The molecule has 0 atom stereocenters. The molecule has 0 aliphatic carbocycles. The van der Waals surface area contributed by atoms with E-state index in [9.17, 15) is 5.11 Å². The summed E-state index contributed by atoms with van der Waals surface area (Å²) in [6.07, 6.45) is 0.775. The molecule has 0 radical (unpaired) electrons. The zero-order valence-electron chi connectivity index (χ0n) is 23.1. The number of phenols is 1. The molecule has 0 unspecified atom stereocenters. The van der Waals surface area contributed by atoms with Crippen molar-refractivity contribution in [3.05, 3.63) is 169 Å². The van der Waals surface area contributed by atoms with Crippen LogP contribution in [0.25, 0.3) is 32.7 Å². The molecule has 0 aromatic heterocycles. The summed E-state index contributed by atoms with van der Waals surface area (Å²) in [4.78, 5) is 0. The minimum atomic E-state index is -3.45. The van der Waals surface area contributed by atoms with Gasteiger partial charge in [0.2, 0.25) is 0 Å². The number of halogens is 1. The molecule has 0 saturated carbocycles. The van der Waals surface area contributed by atoms with Crippen LogP contribution in [0.5, 0.6) is 5.75 Å². The average molecular weight is 626 g/mol. The van der Waals surface area contributed by atoms with Crippen LogP contribution in [0.1, 0.15) is 5.56 Å². The van der Waals surface area contributed by atoms with Crippen LogP contribution < -0.4 is 15.9 Å². The van der Waals surface area contributed by atoms with E-state index in [1.54, 1.807) is 0 Å². The Morgan fingerprint density at radius 1 is 0.452 bits per heavy atom. The van der Waals surface area contributed by atoms with Gasteiger partial charge in [-0.15, -0.1) is 0 Å². The Bertz CT molecular complexity index is 2000. The van der Waals surface area contributed by atoms with E-state index in [2.05, 4.69) is 152 Å². The Morgan fingerprint density at radius 2 is 0.905 bits per heavy atom. The zero-order valence-corrected chi connectivity index (χ0v) is 25.5. The van der Waals surface area contributed by atoms with Crippen LogP contribution in [-0.4, -0.2) is 5.11 Å². The van der Waals surface area contributed by atoms with Gasteiger partial charge in [0.1, 0.15) is 0 Å². The average Bonchev–Trinajstić information content (AvgIpc) is 3.06. The van der Waals surface area contributed by atoms with Gasteiger partial charge in [0.25, 0.3) is 0 Å². The molecule has 0 fully saturated rings. The quantitative estimate of drug-likeness (QED) is 0.183. The molecule has 0 saturated heterocycles. The van der Waals surface area contributed by atoms with Crippen LogP contribution in [0.4, 0.5) is 0 Å². The SMILES string of the molecule is Oc1ccc2ccccc2c1-c1c(P(Br)(Cc2ccccc2)(c2ccccc2)c2ccccc2)ccc2ccccc12. The van der Waals surface area contributed by atoms with Crippen LogP contribution in [0.3, 0.4) is 0 Å². The summed E-state index contributed by atoms with van der Waals surface area (Å²) in [7, 11) is 0. The van der Waals surface area contributed by atoms with E-state index in [0.717, 1.165) is 38.8 Å². The normalized spacial score (nSPS) is 12.6. The molecule has 0 amide bonds. The third-order valence-corrected chi connectivity index (χ3v) is 17.9. The zero-order chi connectivity index (χ0) is 28.6. The monoisotopic (exact) mass is 624 g/mol. The Morgan fingerprint density at radius 3 is 1.48 bits per heavy atom. The Labute approximate surface area is 254 Å². The molecule has 0 spiro atoms. The molecule has 7 aromatic rings. The van der Waals surface area contributed by atoms with Crippen molar-refractivity contribution in [1.29, 1.82) is 0 Å². The predicted octanol–water partition coefficient (Wildman–Crippen LogP) is 9.71. The number of phenolic OH excluding ortho intramolecular Hbond substituents is 1. The van der Waals surface area contributed by atoms with Crippen LogP contribution in [0.15, 0.2) is 164 Å². The van der Waals surface area contributed by atoms with Crippen molar-refractivity contribution in [2.24, 2.45) is 0 Å². The van der Waals surface area contributed by atoms with Gasteiger partial charge in [0.15, 0.2) is 0 Å². The summed E-state index contributed by atoms with van der Waals surface area (Å²) in [5, 5.41) is 16.4. The number of aromatic hydroxyl groups is 1. The van der Waals surface area contributed by atoms with Gasteiger partial charge < -0.3 is 0 Å². The fourth-order valence-electron chi connectivity index (χ4n) is 6.53. The Balaban J connectivity index is 1.73. The third kappa shape index (κ3) is 4.18. The first kappa shape index (κ1) is 26.7. The summed E-state index contributed by atoms with van der Waals surface area (Å²) in [6.45, 7) is 0. The first-order chi connectivity index (χ1) is 20.6. The second kappa shape index (κ2) is 10.6. The topological polar surface area (TPSA) is 20.2 Å². The van der Waals surface area contributed by atoms with Crippen LogP contribution in [0, 0.1) is 0 Å². The fourth-order valence-corrected chi connectivity index (χ4v) is 14.7. The van der Waals surface area contributed by atoms with E-state index in [0.29, 0.717) is 0 Å². The van der Waals surface area contributed by atoms with E-state index in [1.807, 2.05) is 12.1 Å². The summed E-state index contributed by atoms with van der Waals surface area (Å²) >= 11 is 4.73. The second-order valence-corrected chi connectivity index (χ2v) is 19.8. The van der Waals surface area contributed by atoms with Crippen molar-refractivity contribution in [2.45, 2.75) is 6.16 Å². The Kier molecular flexibility index (Phi) is 6.70. The van der Waals surface area contributed by atoms with Gasteiger partial charge in [-0.05, 0) is 0 Å². The van der Waals surface area contributed by atoms with Gasteiger partial charge in [0.05, 0.1) is 0 Å².